The van der Waals surface area contributed by atoms with Crippen molar-refractivity contribution in [3.63, 3.8) is 0 Å². The van der Waals surface area contributed by atoms with Crippen molar-refractivity contribution in [3.8, 4) is 0 Å². The predicted molar refractivity (Wildman–Crippen MR) is 77.2 cm³/mol. The lowest BCUT2D eigenvalue weighted by Gasteiger charge is -2.22. The minimum absolute atomic E-state index is 0.294. The van der Waals surface area contributed by atoms with Gasteiger partial charge >= 0.3 is 0 Å². The summed E-state index contributed by atoms with van der Waals surface area (Å²) in [5, 5.41) is 0.386. The first-order valence-corrected chi connectivity index (χ1v) is 6.43. The summed E-state index contributed by atoms with van der Waals surface area (Å²) in [6.07, 6.45) is 1.42. The highest BCUT2D eigenvalue weighted by Gasteiger charge is 2.14. The second-order valence-electron chi connectivity index (χ2n) is 4.18. The molecule has 0 aliphatic rings. The molecule has 5 nitrogen and oxygen atoms in total. The topological polar surface area (TPSA) is 67.9 Å². The van der Waals surface area contributed by atoms with Gasteiger partial charge in [0.05, 0.1) is 12.2 Å². The van der Waals surface area contributed by atoms with E-state index in [2.05, 4.69) is 15.0 Å². The van der Waals surface area contributed by atoms with Gasteiger partial charge in [-0.1, -0.05) is 17.7 Å². The summed E-state index contributed by atoms with van der Waals surface area (Å²) >= 11 is 6.15. The van der Waals surface area contributed by atoms with Crippen LogP contribution in [0, 0.1) is 6.92 Å². The lowest BCUT2D eigenvalue weighted by molar-refractivity contribution is 0.788. The fraction of sp³-hybridized carbons (Fsp3) is 0.308. The Balaban J connectivity index is 2.28. The summed E-state index contributed by atoms with van der Waals surface area (Å²) in [4.78, 5) is 14.6. The standard InChI is InChI=1S/C13H16ClN5/c1-3-19(7-10-6-4-5-9(2)18-10)13-11(14)12(15)16-8-17-13/h4-6,8H,3,7H2,1-2H3,(H2,15,16,17). The third-order valence-electron chi connectivity index (χ3n) is 2.78. The molecule has 0 unspecified atom stereocenters. The van der Waals surface area contributed by atoms with Gasteiger partial charge in [0.25, 0.3) is 0 Å². The third-order valence-corrected chi connectivity index (χ3v) is 3.14. The normalized spacial score (nSPS) is 10.5. The molecule has 2 rings (SSSR count). The van der Waals surface area contributed by atoms with Crippen molar-refractivity contribution in [1.29, 1.82) is 0 Å². The zero-order chi connectivity index (χ0) is 13.8. The van der Waals surface area contributed by atoms with Crippen molar-refractivity contribution in [3.05, 3.63) is 40.9 Å². The molecule has 0 aliphatic carbocycles. The molecule has 2 N–H and O–H groups in total. The lowest BCUT2D eigenvalue weighted by atomic mass is 10.3. The zero-order valence-corrected chi connectivity index (χ0v) is 11.7. The van der Waals surface area contributed by atoms with Gasteiger partial charge < -0.3 is 10.6 Å². The zero-order valence-electron chi connectivity index (χ0n) is 11.0. The molecule has 0 aliphatic heterocycles. The minimum atomic E-state index is 0.294. The fourth-order valence-corrected chi connectivity index (χ4v) is 2.03. The van der Waals surface area contributed by atoms with E-state index in [0.29, 0.717) is 23.2 Å². The van der Waals surface area contributed by atoms with Gasteiger partial charge in [-0.25, -0.2) is 9.97 Å². The molecule has 0 atom stereocenters. The van der Waals surface area contributed by atoms with Gasteiger partial charge in [-0.05, 0) is 26.0 Å². The minimum Gasteiger partial charge on any atom is -0.382 e. The first-order valence-electron chi connectivity index (χ1n) is 6.05. The van der Waals surface area contributed by atoms with Crippen molar-refractivity contribution < 1.29 is 0 Å². The number of rotatable bonds is 4. The molecule has 0 aromatic carbocycles. The highest BCUT2D eigenvalue weighted by molar-refractivity contribution is 6.35. The molecule has 6 heteroatoms. The van der Waals surface area contributed by atoms with Crippen molar-refractivity contribution in [2.45, 2.75) is 20.4 Å². The van der Waals surface area contributed by atoms with E-state index in [1.54, 1.807) is 0 Å². The van der Waals surface area contributed by atoms with E-state index in [9.17, 15) is 0 Å². The summed E-state index contributed by atoms with van der Waals surface area (Å²) in [5.41, 5.74) is 7.66. The number of pyridine rings is 1. The Morgan fingerprint density at radius 1 is 1.32 bits per heavy atom. The average Bonchev–Trinajstić information content (AvgIpc) is 2.40. The van der Waals surface area contributed by atoms with Crippen LogP contribution in [0.5, 0.6) is 0 Å². The first-order chi connectivity index (χ1) is 9.11. The Hall–Kier alpha value is -1.88. The van der Waals surface area contributed by atoms with Gasteiger partial charge in [-0.15, -0.1) is 0 Å². The molecule has 2 aromatic heterocycles. The predicted octanol–water partition coefficient (Wildman–Crippen LogP) is 2.44. The maximum Gasteiger partial charge on any atom is 0.153 e. The van der Waals surface area contributed by atoms with Gasteiger partial charge in [0.1, 0.15) is 17.2 Å². The van der Waals surface area contributed by atoms with E-state index < -0.39 is 0 Å². The van der Waals surface area contributed by atoms with Crippen molar-refractivity contribution >= 4 is 23.2 Å². The maximum atomic E-state index is 6.15. The van der Waals surface area contributed by atoms with Crippen LogP contribution in [0.4, 0.5) is 11.6 Å². The van der Waals surface area contributed by atoms with Crippen LogP contribution in [-0.2, 0) is 6.54 Å². The van der Waals surface area contributed by atoms with E-state index in [4.69, 9.17) is 17.3 Å². The second kappa shape index (κ2) is 5.84. The van der Waals surface area contributed by atoms with E-state index in [1.807, 2.05) is 36.9 Å². The highest BCUT2D eigenvalue weighted by Crippen LogP contribution is 2.27. The van der Waals surface area contributed by atoms with Gasteiger partial charge in [-0.2, -0.15) is 0 Å². The SMILES string of the molecule is CCN(Cc1cccc(C)n1)c1ncnc(N)c1Cl. The van der Waals surface area contributed by atoms with Crippen molar-refractivity contribution in [1.82, 2.24) is 15.0 Å². The molecule has 19 heavy (non-hydrogen) atoms. The molecular weight excluding hydrogens is 262 g/mol. The number of hydrogen-bond acceptors (Lipinski definition) is 5. The van der Waals surface area contributed by atoms with Gasteiger partial charge in [0, 0.05) is 12.2 Å². The number of aryl methyl sites for hydroxylation is 1. The van der Waals surface area contributed by atoms with Gasteiger partial charge in [0.15, 0.2) is 5.82 Å². The maximum absolute atomic E-state index is 6.15. The summed E-state index contributed by atoms with van der Waals surface area (Å²) in [6, 6.07) is 5.94. The van der Waals surface area contributed by atoms with E-state index in [0.717, 1.165) is 17.9 Å². The number of hydrogen-bond donors (Lipinski definition) is 1. The number of anilines is 2. The number of nitrogens with two attached hydrogens (primary N) is 1. The monoisotopic (exact) mass is 277 g/mol. The third kappa shape index (κ3) is 3.12. The molecule has 100 valence electrons. The fourth-order valence-electron chi connectivity index (χ4n) is 1.81. The van der Waals surface area contributed by atoms with Gasteiger partial charge in [-0.3, -0.25) is 4.98 Å². The van der Waals surface area contributed by atoms with Crippen molar-refractivity contribution in [2.75, 3.05) is 17.2 Å². The van der Waals surface area contributed by atoms with Gasteiger partial charge in [0.2, 0.25) is 0 Å². The molecular formula is C13H16ClN5. The number of aromatic nitrogens is 3. The Kier molecular flexibility index (Phi) is 4.16. The number of nitrogens with zero attached hydrogens (tertiary/aromatic N) is 4. The largest absolute Gasteiger partial charge is 0.382 e. The average molecular weight is 278 g/mol. The van der Waals surface area contributed by atoms with Crippen LogP contribution in [0.25, 0.3) is 0 Å². The highest BCUT2D eigenvalue weighted by atomic mass is 35.5. The first kappa shape index (κ1) is 13.5. The molecule has 2 heterocycles. The number of nitrogen functional groups attached to an aromatic ring is 1. The lowest BCUT2D eigenvalue weighted by Crippen LogP contribution is -2.24. The summed E-state index contributed by atoms with van der Waals surface area (Å²) in [5.74, 6) is 0.933. The Labute approximate surface area is 117 Å². The van der Waals surface area contributed by atoms with E-state index in [1.165, 1.54) is 6.33 Å². The Morgan fingerprint density at radius 3 is 2.79 bits per heavy atom. The molecule has 0 bridgehead atoms. The summed E-state index contributed by atoms with van der Waals surface area (Å²) in [6.45, 7) is 5.39. The van der Waals surface area contributed by atoms with Crippen molar-refractivity contribution in [2.24, 2.45) is 0 Å². The molecule has 0 spiro atoms. The molecule has 0 saturated carbocycles. The van der Waals surface area contributed by atoms with Crippen LogP contribution in [0.2, 0.25) is 5.02 Å². The molecule has 0 amide bonds. The smallest absolute Gasteiger partial charge is 0.153 e. The van der Waals surface area contributed by atoms with Crippen LogP contribution in [0.3, 0.4) is 0 Å². The van der Waals surface area contributed by atoms with Crippen LogP contribution in [0.1, 0.15) is 18.3 Å². The molecule has 0 fully saturated rings. The summed E-state index contributed by atoms with van der Waals surface area (Å²) in [7, 11) is 0. The van der Waals surface area contributed by atoms with Crippen LogP contribution in [-0.4, -0.2) is 21.5 Å². The Bertz CT molecular complexity index is 573. The van der Waals surface area contributed by atoms with Crippen LogP contribution >= 0.6 is 11.6 Å². The number of halogens is 1. The Morgan fingerprint density at radius 2 is 2.11 bits per heavy atom. The van der Waals surface area contributed by atoms with Crippen LogP contribution < -0.4 is 10.6 Å². The van der Waals surface area contributed by atoms with E-state index >= 15 is 0 Å². The molecule has 0 radical (unpaired) electrons. The molecule has 2 aromatic rings. The van der Waals surface area contributed by atoms with E-state index in [-0.39, 0.29) is 0 Å². The summed E-state index contributed by atoms with van der Waals surface area (Å²) < 4.78 is 0. The quantitative estimate of drug-likeness (QED) is 0.930. The second-order valence-corrected chi connectivity index (χ2v) is 4.56. The van der Waals surface area contributed by atoms with Crippen LogP contribution in [0.15, 0.2) is 24.5 Å². The molecule has 0 saturated heterocycles.